The van der Waals surface area contributed by atoms with Crippen molar-refractivity contribution in [1.29, 1.82) is 0 Å². The fourth-order valence-corrected chi connectivity index (χ4v) is 5.83. The molecule has 1 aliphatic heterocycles. The number of carbonyl (C=O) groups is 5. The molecule has 50 heavy (non-hydrogen) atoms. The van der Waals surface area contributed by atoms with Gasteiger partial charge in [0.25, 0.3) is 0 Å². The topological polar surface area (TPSA) is 182 Å². The molecule has 1 heterocycles. The molecule has 280 valence electrons. The van der Waals surface area contributed by atoms with Crippen molar-refractivity contribution < 1.29 is 84.3 Å². The van der Waals surface area contributed by atoms with Crippen molar-refractivity contribution in [2.75, 3.05) is 90.0 Å². The quantitative estimate of drug-likeness (QED) is 0.110. The maximum absolute atomic E-state index is 13.7. The molecule has 1 amide bonds. The summed E-state index contributed by atoms with van der Waals surface area (Å²) in [6, 6.07) is 7.39. The van der Waals surface area contributed by atoms with Crippen LogP contribution in [0.2, 0.25) is 0 Å². The van der Waals surface area contributed by atoms with Crippen molar-refractivity contribution in [3.63, 3.8) is 0 Å². The molecule has 1 aliphatic rings. The number of benzene rings is 1. The summed E-state index contributed by atoms with van der Waals surface area (Å²) in [5.74, 6) is -4.72. The van der Waals surface area contributed by atoms with Crippen LogP contribution in [0.4, 0.5) is 5.69 Å². The van der Waals surface area contributed by atoms with E-state index in [1.54, 1.807) is 31.7 Å². The number of aliphatic carboxylic acids is 4. The van der Waals surface area contributed by atoms with Gasteiger partial charge in [-0.3, -0.25) is 43.6 Å². The number of carbonyl (C=O) groups excluding carboxylic acids is 1. The number of nitrogens with zero attached hydrogens (tertiary/aromatic N) is 5. The molecule has 2 rings (SSSR count). The van der Waals surface area contributed by atoms with E-state index in [1.165, 1.54) is 43.4 Å². The van der Waals surface area contributed by atoms with Gasteiger partial charge in [-0.1, -0.05) is 64.0 Å². The predicted molar refractivity (Wildman–Crippen MR) is 189 cm³/mol. The Kier molecular flexibility index (Phi) is 27.5. The van der Waals surface area contributed by atoms with Gasteiger partial charge >= 0.3 is 53.4 Å². The minimum atomic E-state index is -1.16. The molecule has 1 aromatic rings. The summed E-state index contributed by atoms with van der Waals surface area (Å²) in [6.07, 6.45) is 10.7. The van der Waals surface area contributed by atoms with Gasteiger partial charge in [-0.2, -0.15) is 0 Å². The summed E-state index contributed by atoms with van der Waals surface area (Å²) in [7, 11) is 0. The number of carboxylic acids is 4. The number of carboxylic acid groups (broad SMARTS) is 4. The van der Waals surface area contributed by atoms with E-state index in [4.69, 9.17) is 0 Å². The summed E-state index contributed by atoms with van der Waals surface area (Å²) in [6.45, 7) is 2.81. The van der Waals surface area contributed by atoms with Crippen molar-refractivity contribution in [3.8, 4) is 0 Å². The Bertz CT molecular complexity index is 1130. The van der Waals surface area contributed by atoms with Crippen LogP contribution in [0, 0.1) is 39.9 Å². The predicted octanol–water partition coefficient (Wildman–Crippen LogP) is 1.61. The van der Waals surface area contributed by atoms with Crippen LogP contribution in [0.25, 0.3) is 0 Å². The number of hydrogen-bond donors (Lipinski definition) is 4. The van der Waals surface area contributed by atoms with Crippen molar-refractivity contribution in [1.82, 2.24) is 19.6 Å². The molecule has 0 bridgehead atoms. The Balaban J connectivity index is 0.0000120. The van der Waals surface area contributed by atoms with Crippen LogP contribution in [-0.4, -0.2) is 184 Å². The SMILES string of the molecule is CCCCCCCCCCc1ccc(N(CC(=O)O)C(=O)CN2CCN(CC(=O)O)CCN(CC(=O)O)CCN(CC(=O)O)CC2)cc1.[Gd].[NaH]. The Morgan fingerprint density at radius 1 is 0.560 bits per heavy atom. The second-order valence-electron chi connectivity index (χ2n) is 12.6. The van der Waals surface area contributed by atoms with Crippen LogP contribution in [0.3, 0.4) is 0 Å². The van der Waals surface area contributed by atoms with E-state index >= 15 is 0 Å². The summed E-state index contributed by atoms with van der Waals surface area (Å²) in [5.41, 5.74) is 1.59. The van der Waals surface area contributed by atoms with Crippen LogP contribution in [0.1, 0.15) is 63.9 Å². The first-order valence-electron chi connectivity index (χ1n) is 17.1. The van der Waals surface area contributed by atoms with Gasteiger partial charge in [-0.05, 0) is 30.5 Å². The second-order valence-corrected chi connectivity index (χ2v) is 12.6. The van der Waals surface area contributed by atoms with Crippen LogP contribution in [0.15, 0.2) is 24.3 Å². The van der Waals surface area contributed by atoms with Crippen molar-refractivity contribution in [2.45, 2.75) is 64.7 Å². The summed E-state index contributed by atoms with van der Waals surface area (Å²) < 4.78 is 0. The van der Waals surface area contributed by atoms with Gasteiger partial charge in [-0.25, -0.2) is 0 Å². The van der Waals surface area contributed by atoms with Gasteiger partial charge in [0.2, 0.25) is 5.91 Å². The Morgan fingerprint density at radius 3 is 1.28 bits per heavy atom. The molecular formula is C34H56GdN5NaO9. The molecule has 0 unspecified atom stereocenters. The van der Waals surface area contributed by atoms with Gasteiger partial charge in [0.05, 0.1) is 26.2 Å². The second kappa shape index (κ2) is 28.3. The van der Waals surface area contributed by atoms with Crippen LogP contribution < -0.4 is 4.90 Å². The number of unbranched alkanes of at least 4 members (excludes halogenated alkanes) is 7. The molecule has 0 spiro atoms. The van der Waals surface area contributed by atoms with Gasteiger partial charge in [-0.15, -0.1) is 0 Å². The molecule has 0 radical (unpaired) electrons. The zero-order chi connectivity index (χ0) is 35.3. The van der Waals surface area contributed by atoms with E-state index in [-0.39, 0.29) is 148 Å². The van der Waals surface area contributed by atoms with Gasteiger partial charge in [0.1, 0.15) is 6.54 Å². The molecule has 14 nitrogen and oxygen atoms in total. The van der Waals surface area contributed by atoms with E-state index in [0.29, 0.717) is 5.69 Å². The monoisotopic (exact) mass is 859 g/mol. The molecule has 16 heteroatoms. The Hall–Kier alpha value is -1.27. The first kappa shape index (κ1) is 48.7. The van der Waals surface area contributed by atoms with Gasteiger partial charge in [0.15, 0.2) is 0 Å². The van der Waals surface area contributed by atoms with E-state index in [2.05, 4.69) is 6.92 Å². The molecule has 0 aliphatic carbocycles. The standard InChI is InChI=1S/C34H55N5O9.Gd.Na.H/c1-2-3-4-5-6-7-8-9-10-28-11-13-29(14-12-28)39(27-34(47)48)30(40)23-35-15-17-36(24-31(41)42)19-21-38(26-33(45)46)22-20-37(18-16-35)25-32(43)44;;;/h11-14H,2-10,15-27H2,1H3,(H,41,42)(H,43,44)(H,45,46)(H,47,48);;;. The van der Waals surface area contributed by atoms with Crippen LogP contribution >= 0.6 is 0 Å². The third kappa shape index (κ3) is 21.9. The number of aryl methyl sites for hydroxylation is 1. The van der Waals surface area contributed by atoms with E-state index in [0.717, 1.165) is 24.8 Å². The molecule has 1 saturated heterocycles. The van der Waals surface area contributed by atoms with E-state index in [1.807, 2.05) is 12.1 Å². The Labute approximate surface area is 350 Å². The van der Waals surface area contributed by atoms with Crippen LogP contribution in [0.5, 0.6) is 0 Å². The third-order valence-corrected chi connectivity index (χ3v) is 8.53. The molecule has 1 fully saturated rings. The van der Waals surface area contributed by atoms with Crippen molar-refractivity contribution in [3.05, 3.63) is 29.8 Å². The number of amides is 1. The summed E-state index contributed by atoms with van der Waals surface area (Å²) >= 11 is 0. The zero-order valence-electron chi connectivity index (χ0n) is 28.8. The number of rotatable bonds is 20. The molecule has 1 aromatic carbocycles. The molecule has 0 atom stereocenters. The third-order valence-electron chi connectivity index (χ3n) is 8.53. The zero-order valence-corrected chi connectivity index (χ0v) is 31.1. The minimum absolute atomic E-state index is 0. The number of anilines is 1. The van der Waals surface area contributed by atoms with Gasteiger partial charge in [0, 0.05) is 98.0 Å². The molecule has 0 saturated carbocycles. The van der Waals surface area contributed by atoms with Gasteiger partial charge < -0.3 is 25.3 Å². The normalized spacial score (nSPS) is 15.5. The maximum atomic E-state index is 13.7. The Morgan fingerprint density at radius 2 is 0.920 bits per heavy atom. The average Bonchev–Trinajstić information content (AvgIpc) is 3.02. The van der Waals surface area contributed by atoms with E-state index < -0.39 is 36.3 Å². The first-order valence-corrected chi connectivity index (χ1v) is 17.1. The molecule has 4 N–H and O–H groups in total. The molecular weight excluding hydrogens is 803 g/mol. The fourth-order valence-electron chi connectivity index (χ4n) is 5.83. The number of hydrogen-bond acceptors (Lipinski definition) is 9. The summed E-state index contributed by atoms with van der Waals surface area (Å²) in [4.78, 5) is 68.0. The average molecular weight is 859 g/mol. The van der Waals surface area contributed by atoms with Crippen molar-refractivity contribution in [2.24, 2.45) is 0 Å². The first-order chi connectivity index (χ1) is 23.0. The summed E-state index contributed by atoms with van der Waals surface area (Å²) in [5, 5.41) is 37.9. The molecule has 0 aromatic heterocycles. The van der Waals surface area contributed by atoms with Crippen LogP contribution in [-0.2, 0) is 30.4 Å². The fraction of sp³-hybridized carbons (Fsp3) is 0.676. The van der Waals surface area contributed by atoms with E-state index in [9.17, 15) is 44.4 Å². The van der Waals surface area contributed by atoms with Crippen molar-refractivity contribution >= 4 is 65.0 Å².